The number of hydrogen-bond donors (Lipinski definition) is 4. The molecule has 2 aromatic carbocycles. The molecule has 0 aliphatic carbocycles. The van der Waals surface area contributed by atoms with Crippen LogP contribution in [0.1, 0.15) is 102 Å². The SMILES string of the molecule is CCCCCCCCOc1ccc(C=NCCNCCNCCN=Cc2ccc(OCCCCCCCC)cc2O)c(O)c1. The lowest BCUT2D eigenvalue weighted by Crippen LogP contribution is -2.30. The van der Waals surface area contributed by atoms with Gasteiger partial charge in [-0.05, 0) is 37.1 Å². The number of phenols is 2. The molecule has 0 atom stereocenters. The van der Waals surface area contributed by atoms with E-state index in [4.69, 9.17) is 9.47 Å². The second-order valence-electron chi connectivity index (χ2n) is 11.2. The fourth-order valence-electron chi connectivity index (χ4n) is 4.63. The predicted octanol–water partition coefficient (Wildman–Crippen LogP) is 7.29. The summed E-state index contributed by atoms with van der Waals surface area (Å²) in [6.45, 7) is 10.3. The first-order valence-electron chi connectivity index (χ1n) is 17.0. The van der Waals surface area contributed by atoms with Crippen LogP contribution in [0.3, 0.4) is 0 Å². The summed E-state index contributed by atoms with van der Waals surface area (Å²) in [7, 11) is 0. The van der Waals surface area contributed by atoms with Gasteiger partial charge in [-0.25, -0.2) is 0 Å². The fraction of sp³-hybridized carbons (Fsp3) is 0.611. The minimum atomic E-state index is 0.189. The minimum Gasteiger partial charge on any atom is -0.507 e. The molecule has 0 amide bonds. The molecule has 0 radical (unpaired) electrons. The van der Waals surface area contributed by atoms with E-state index in [0.717, 1.165) is 39.0 Å². The summed E-state index contributed by atoms with van der Waals surface area (Å²) in [5.74, 6) is 1.77. The Balaban J connectivity index is 1.48. The molecule has 0 aromatic heterocycles. The molecule has 0 unspecified atom stereocenters. The van der Waals surface area contributed by atoms with Crippen molar-refractivity contribution in [2.24, 2.45) is 9.98 Å². The zero-order valence-corrected chi connectivity index (χ0v) is 27.4. The number of phenolic OH excluding ortho intramolecular Hbond substituents is 2. The van der Waals surface area contributed by atoms with Gasteiger partial charge in [-0.15, -0.1) is 0 Å². The highest BCUT2D eigenvalue weighted by Crippen LogP contribution is 2.24. The molecule has 0 saturated carbocycles. The topological polar surface area (TPSA) is 108 Å². The number of aliphatic imine (C=N–C) groups is 2. The average molecular weight is 611 g/mol. The van der Waals surface area contributed by atoms with Gasteiger partial charge in [0.25, 0.3) is 0 Å². The highest BCUT2D eigenvalue weighted by molar-refractivity contribution is 5.84. The number of unbranched alkanes of at least 4 members (excludes halogenated alkanes) is 10. The Bertz CT molecular complexity index is 977. The molecule has 0 heterocycles. The van der Waals surface area contributed by atoms with Gasteiger partial charge in [0.05, 0.1) is 26.3 Å². The van der Waals surface area contributed by atoms with E-state index in [1.54, 1.807) is 24.6 Å². The quantitative estimate of drug-likeness (QED) is 0.0625. The summed E-state index contributed by atoms with van der Waals surface area (Å²) in [6.07, 6.45) is 18.1. The van der Waals surface area contributed by atoms with Crippen LogP contribution >= 0.6 is 0 Å². The number of hydrogen-bond acceptors (Lipinski definition) is 8. The number of nitrogens with zero attached hydrogens (tertiary/aromatic N) is 2. The van der Waals surface area contributed by atoms with Gasteiger partial charge in [0, 0.05) is 61.9 Å². The van der Waals surface area contributed by atoms with Crippen molar-refractivity contribution in [3.63, 3.8) is 0 Å². The van der Waals surface area contributed by atoms with Crippen LogP contribution in [-0.4, -0.2) is 75.1 Å². The van der Waals surface area contributed by atoms with Gasteiger partial charge in [0.1, 0.15) is 23.0 Å². The molecule has 2 rings (SSSR count). The van der Waals surface area contributed by atoms with Gasteiger partial charge in [-0.1, -0.05) is 78.1 Å². The predicted molar refractivity (Wildman–Crippen MR) is 185 cm³/mol. The number of ether oxygens (including phenoxy) is 2. The molecule has 0 spiro atoms. The lowest BCUT2D eigenvalue weighted by molar-refractivity contribution is 0.302. The summed E-state index contributed by atoms with van der Waals surface area (Å²) < 4.78 is 11.5. The Hall–Kier alpha value is -3.10. The van der Waals surface area contributed by atoms with Gasteiger partial charge in [0.15, 0.2) is 0 Å². The largest absolute Gasteiger partial charge is 0.507 e. The van der Waals surface area contributed by atoms with Gasteiger partial charge < -0.3 is 30.3 Å². The van der Waals surface area contributed by atoms with Crippen molar-refractivity contribution >= 4 is 12.4 Å². The van der Waals surface area contributed by atoms with E-state index in [0.29, 0.717) is 48.9 Å². The van der Waals surface area contributed by atoms with E-state index >= 15 is 0 Å². The molecular formula is C36H58N4O4. The zero-order chi connectivity index (χ0) is 31.5. The Kier molecular flexibility index (Phi) is 21.3. The first-order valence-corrected chi connectivity index (χ1v) is 17.0. The fourth-order valence-corrected chi connectivity index (χ4v) is 4.63. The van der Waals surface area contributed by atoms with E-state index in [2.05, 4.69) is 34.5 Å². The normalized spacial score (nSPS) is 11.6. The monoisotopic (exact) mass is 610 g/mol. The van der Waals surface area contributed by atoms with Gasteiger partial charge in [-0.2, -0.15) is 0 Å². The second kappa shape index (κ2) is 25.2. The Morgan fingerprint density at radius 2 is 0.977 bits per heavy atom. The maximum absolute atomic E-state index is 10.3. The second-order valence-corrected chi connectivity index (χ2v) is 11.2. The third kappa shape index (κ3) is 17.9. The molecule has 8 heteroatoms. The first kappa shape index (κ1) is 37.1. The van der Waals surface area contributed by atoms with Crippen molar-refractivity contribution in [1.29, 1.82) is 0 Å². The molecule has 4 N–H and O–H groups in total. The summed E-state index contributed by atoms with van der Waals surface area (Å²) in [4.78, 5) is 8.83. The lowest BCUT2D eigenvalue weighted by Gasteiger charge is -2.08. The van der Waals surface area contributed by atoms with Crippen LogP contribution in [0.4, 0.5) is 0 Å². The van der Waals surface area contributed by atoms with E-state index in [-0.39, 0.29) is 11.5 Å². The first-order chi connectivity index (χ1) is 21.6. The molecule has 0 aliphatic rings. The summed E-state index contributed by atoms with van der Waals surface area (Å²) in [5.41, 5.74) is 1.39. The molecule has 0 aliphatic heterocycles. The molecule has 44 heavy (non-hydrogen) atoms. The van der Waals surface area contributed by atoms with Crippen molar-refractivity contribution < 1.29 is 19.7 Å². The summed E-state index contributed by atoms with van der Waals surface area (Å²) >= 11 is 0. The molecule has 0 bridgehead atoms. The van der Waals surface area contributed by atoms with Gasteiger partial charge >= 0.3 is 0 Å². The van der Waals surface area contributed by atoms with Crippen LogP contribution in [0.15, 0.2) is 46.4 Å². The smallest absolute Gasteiger partial charge is 0.128 e. The summed E-state index contributed by atoms with van der Waals surface area (Å²) in [6, 6.07) is 10.8. The van der Waals surface area contributed by atoms with Crippen LogP contribution < -0.4 is 20.1 Å². The van der Waals surface area contributed by atoms with Crippen molar-refractivity contribution in [2.75, 3.05) is 52.5 Å². The maximum Gasteiger partial charge on any atom is 0.128 e. The number of aromatic hydroxyl groups is 2. The highest BCUT2D eigenvalue weighted by Gasteiger charge is 2.03. The molecule has 0 saturated heterocycles. The van der Waals surface area contributed by atoms with E-state index < -0.39 is 0 Å². The number of benzene rings is 2. The average Bonchev–Trinajstić information content (AvgIpc) is 3.02. The van der Waals surface area contributed by atoms with Crippen LogP contribution in [0, 0.1) is 0 Å². The highest BCUT2D eigenvalue weighted by atomic mass is 16.5. The molecule has 2 aromatic rings. The van der Waals surface area contributed by atoms with Crippen molar-refractivity contribution in [3.8, 4) is 23.0 Å². The number of rotatable bonds is 27. The Morgan fingerprint density at radius 3 is 1.39 bits per heavy atom. The third-order valence-corrected chi connectivity index (χ3v) is 7.31. The zero-order valence-electron chi connectivity index (χ0n) is 27.4. The Morgan fingerprint density at radius 1 is 0.568 bits per heavy atom. The molecule has 246 valence electrons. The van der Waals surface area contributed by atoms with Crippen molar-refractivity contribution in [1.82, 2.24) is 10.6 Å². The standard InChI is InChI=1S/C36H58N4O4/c1-3-5-7-9-11-13-25-43-33-17-15-31(35(41)27-33)29-39-23-21-37-19-20-38-22-24-40-30-32-16-18-34(28-36(32)42)44-26-14-12-10-8-6-4-2/h15-18,27-30,37-38,41-42H,3-14,19-26H2,1-2H3. The molecular weight excluding hydrogens is 552 g/mol. The van der Waals surface area contributed by atoms with Crippen molar-refractivity contribution in [2.45, 2.75) is 90.9 Å². The van der Waals surface area contributed by atoms with Crippen LogP contribution in [0.2, 0.25) is 0 Å². The van der Waals surface area contributed by atoms with E-state index in [1.807, 2.05) is 24.3 Å². The lowest BCUT2D eigenvalue weighted by atomic mass is 10.1. The third-order valence-electron chi connectivity index (χ3n) is 7.31. The van der Waals surface area contributed by atoms with E-state index in [1.165, 1.54) is 64.2 Å². The van der Waals surface area contributed by atoms with Gasteiger partial charge in [0.2, 0.25) is 0 Å². The maximum atomic E-state index is 10.3. The van der Waals surface area contributed by atoms with Crippen LogP contribution in [0.25, 0.3) is 0 Å². The van der Waals surface area contributed by atoms with Gasteiger partial charge in [-0.3, -0.25) is 9.98 Å². The number of nitrogens with one attached hydrogen (secondary N) is 2. The van der Waals surface area contributed by atoms with Crippen LogP contribution in [0.5, 0.6) is 23.0 Å². The summed E-state index contributed by atoms with van der Waals surface area (Å²) in [5, 5.41) is 27.3. The molecule has 8 nitrogen and oxygen atoms in total. The van der Waals surface area contributed by atoms with Crippen LogP contribution in [-0.2, 0) is 0 Å². The minimum absolute atomic E-state index is 0.189. The van der Waals surface area contributed by atoms with E-state index in [9.17, 15) is 10.2 Å². The van der Waals surface area contributed by atoms with Crippen molar-refractivity contribution in [3.05, 3.63) is 47.5 Å². The Labute approximate surface area is 266 Å². The molecule has 0 fully saturated rings.